The molecule has 4 aromatic rings. The van der Waals surface area contributed by atoms with Crippen LogP contribution in [0.15, 0.2) is 72.1 Å². The minimum absolute atomic E-state index is 0.123. The molecule has 44 heavy (non-hydrogen) atoms. The summed E-state index contributed by atoms with van der Waals surface area (Å²) in [5, 5.41) is 7.43. The van der Waals surface area contributed by atoms with E-state index >= 15 is 0 Å². The number of nitrogens with zero attached hydrogens (tertiary/aromatic N) is 6. The lowest BCUT2D eigenvalue weighted by Gasteiger charge is -2.22. The zero-order valence-corrected chi connectivity index (χ0v) is 24.8. The van der Waals surface area contributed by atoms with Crippen LogP contribution in [0, 0.1) is 6.92 Å². The van der Waals surface area contributed by atoms with E-state index in [2.05, 4.69) is 44.0 Å². The summed E-state index contributed by atoms with van der Waals surface area (Å²) in [6, 6.07) is 15.1. The maximum Gasteiger partial charge on any atom is 0.573 e. The highest BCUT2D eigenvalue weighted by molar-refractivity contribution is 8.15. The zero-order valence-electron chi connectivity index (χ0n) is 24.0. The van der Waals surface area contributed by atoms with Crippen LogP contribution in [0.2, 0.25) is 0 Å². The SMILES string of the molecule is Cc1ccc(C(C)C)c(N2C(=O)CS/C2=N\C(=O)Nc2ccc(CCc3ncn(-c4ccc(OC(F)(F)F)cn4)n3)cc2)c1. The van der Waals surface area contributed by atoms with Crippen LogP contribution < -0.4 is 15.0 Å². The van der Waals surface area contributed by atoms with Crippen molar-refractivity contribution in [3.8, 4) is 11.6 Å². The zero-order chi connectivity index (χ0) is 31.4. The summed E-state index contributed by atoms with van der Waals surface area (Å²) in [4.78, 5) is 39.5. The molecule has 0 atom stereocenters. The number of ether oxygens (including phenoxy) is 1. The molecule has 5 rings (SSSR count). The largest absolute Gasteiger partial charge is 0.573 e. The first-order valence-electron chi connectivity index (χ1n) is 13.6. The first-order chi connectivity index (χ1) is 20.9. The van der Waals surface area contributed by atoms with Gasteiger partial charge in [0.2, 0.25) is 5.91 Å². The normalized spacial score (nSPS) is 14.5. The second-order valence-corrected chi connectivity index (χ2v) is 11.2. The van der Waals surface area contributed by atoms with Gasteiger partial charge in [0, 0.05) is 12.1 Å². The van der Waals surface area contributed by atoms with Crippen molar-refractivity contribution in [1.82, 2.24) is 19.7 Å². The van der Waals surface area contributed by atoms with E-state index in [-0.39, 0.29) is 17.6 Å². The van der Waals surface area contributed by atoms with E-state index in [1.54, 1.807) is 12.1 Å². The molecule has 10 nitrogen and oxygen atoms in total. The fourth-order valence-electron chi connectivity index (χ4n) is 4.49. The number of aryl methyl sites for hydroxylation is 3. The van der Waals surface area contributed by atoms with Crippen molar-refractivity contribution in [2.45, 2.75) is 45.9 Å². The van der Waals surface area contributed by atoms with Crippen molar-refractivity contribution in [3.05, 3.63) is 89.6 Å². The van der Waals surface area contributed by atoms with Crippen LogP contribution in [0.4, 0.5) is 29.3 Å². The first-order valence-corrected chi connectivity index (χ1v) is 14.6. The number of amides is 3. The standard InChI is InChI=1S/C30H28F3N7O3S/c1-18(2)23-11-4-19(3)14-24(23)40-27(41)16-44-29(40)37-28(42)36-21-8-5-20(6-9-21)7-12-25-35-17-39(38-25)26-13-10-22(15-34-26)43-30(31,32)33/h4-6,8-11,13-15,17-18H,7,12,16H2,1-3H3,(H,36,42)/b37-29-. The molecular weight excluding hydrogens is 595 g/mol. The van der Waals surface area contributed by atoms with Crippen molar-refractivity contribution in [1.29, 1.82) is 0 Å². The number of hydrogen-bond donors (Lipinski definition) is 1. The third-order valence-electron chi connectivity index (χ3n) is 6.58. The topological polar surface area (TPSA) is 115 Å². The van der Waals surface area contributed by atoms with Gasteiger partial charge in [0.05, 0.1) is 17.6 Å². The van der Waals surface area contributed by atoms with Gasteiger partial charge in [-0.3, -0.25) is 9.69 Å². The van der Waals surface area contributed by atoms with Gasteiger partial charge < -0.3 is 10.1 Å². The second-order valence-electron chi connectivity index (χ2n) is 10.3. The monoisotopic (exact) mass is 623 g/mol. The summed E-state index contributed by atoms with van der Waals surface area (Å²) in [7, 11) is 0. The molecule has 1 N–H and O–H groups in total. The predicted octanol–water partition coefficient (Wildman–Crippen LogP) is 6.45. The van der Waals surface area contributed by atoms with Gasteiger partial charge in [-0.2, -0.15) is 4.99 Å². The minimum atomic E-state index is -4.79. The van der Waals surface area contributed by atoms with E-state index in [0.29, 0.717) is 35.3 Å². The smallest absolute Gasteiger partial charge is 0.404 e. The van der Waals surface area contributed by atoms with Crippen LogP contribution in [0.3, 0.4) is 0 Å². The van der Waals surface area contributed by atoms with E-state index in [9.17, 15) is 22.8 Å². The van der Waals surface area contributed by atoms with E-state index in [1.165, 1.54) is 33.7 Å². The van der Waals surface area contributed by atoms with Crippen LogP contribution in [-0.4, -0.2) is 49.0 Å². The Morgan fingerprint density at radius 1 is 1.09 bits per heavy atom. The number of amidine groups is 1. The van der Waals surface area contributed by atoms with Gasteiger partial charge in [0.15, 0.2) is 16.8 Å². The van der Waals surface area contributed by atoms with E-state index in [4.69, 9.17) is 0 Å². The highest BCUT2D eigenvalue weighted by Crippen LogP contribution is 2.34. The Bertz CT molecular complexity index is 1690. The van der Waals surface area contributed by atoms with Gasteiger partial charge in [0.25, 0.3) is 0 Å². The fourth-order valence-corrected chi connectivity index (χ4v) is 5.35. The summed E-state index contributed by atoms with van der Waals surface area (Å²) >= 11 is 1.23. The highest BCUT2D eigenvalue weighted by Gasteiger charge is 2.33. The average Bonchev–Trinajstić information content (AvgIpc) is 3.58. The van der Waals surface area contributed by atoms with Gasteiger partial charge in [-0.25, -0.2) is 19.4 Å². The molecule has 1 saturated heterocycles. The molecule has 0 unspecified atom stereocenters. The number of anilines is 2. The molecule has 3 amide bonds. The van der Waals surface area contributed by atoms with Crippen LogP contribution in [0.5, 0.6) is 5.75 Å². The number of aromatic nitrogens is 4. The van der Waals surface area contributed by atoms with Crippen LogP contribution in [0.1, 0.15) is 42.3 Å². The highest BCUT2D eigenvalue weighted by atomic mass is 32.2. The Hall–Kier alpha value is -4.72. The lowest BCUT2D eigenvalue weighted by molar-refractivity contribution is -0.274. The Morgan fingerprint density at radius 2 is 1.86 bits per heavy atom. The van der Waals surface area contributed by atoms with E-state index in [0.717, 1.165) is 34.6 Å². The van der Waals surface area contributed by atoms with Crippen molar-refractivity contribution in [2.75, 3.05) is 16.0 Å². The lowest BCUT2D eigenvalue weighted by atomic mass is 9.99. The van der Waals surface area contributed by atoms with E-state index in [1.807, 2.05) is 37.3 Å². The third kappa shape index (κ3) is 7.61. The minimum Gasteiger partial charge on any atom is -0.404 e. The number of halogens is 3. The van der Waals surface area contributed by atoms with Gasteiger partial charge in [-0.15, -0.1) is 18.3 Å². The molecule has 0 saturated carbocycles. The van der Waals surface area contributed by atoms with Gasteiger partial charge in [0.1, 0.15) is 12.1 Å². The molecule has 1 aliphatic rings. The van der Waals surface area contributed by atoms with Crippen molar-refractivity contribution in [3.63, 3.8) is 0 Å². The number of carbonyl (C=O) groups excluding carboxylic acids is 2. The molecule has 0 aliphatic carbocycles. The lowest BCUT2D eigenvalue weighted by Crippen LogP contribution is -2.31. The number of hydrogen-bond acceptors (Lipinski definition) is 7. The maximum absolute atomic E-state index is 12.8. The van der Waals surface area contributed by atoms with Gasteiger partial charge >= 0.3 is 12.4 Å². The third-order valence-corrected chi connectivity index (χ3v) is 7.51. The van der Waals surface area contributed by atoms with Crippen LogP contribution in [-0.2, 0) is 17.6 Å². The maximum atomic E-state index is 12.8. The quantitative estimate of drug-likeness (QED) is 0.240. The summed E-state index contributed by atoms with van der Waals surface area (Å²) in [5.74, 6) is 0.665. The molecular formula is C30H28F3N7O3S. The summed E-state index contributed by atoms with van der Waals surface area (Å²) in [6.07, 6.45) is -1.29. The molecule has 0 radical (unpaired) electrons. The summed E-state index contributed by atoms with van der Waals surface area (Å²) < 4.78 is 42.3. The second kappa shape index (κ2) is 12.9. The number of benzene rings is 2. The number of nitrogens with one attached hydrogen (secondary N) is 1. The van der Waals surface area contributed by atoms with Crippen molar-refractivity contribution in [2.24, 2.45) is 4.99 Å². The Morgan fingerprint density at radius 3 is 2.55 bits per heavy atom. The fraction of sp³-hybridized carbons (Fsp3) is 0.267. The molecule has 2 aromatic carbocycles. The molecule has 14 heteroatoms. The first kappa shape index (κ1) is 30.7. The van der Waals surface area contributed by atoms with Crippen molar-refractivity contribution < 1.29 is 27.5 Å². The number of thioether (sulfide) groups is 1. The summed E-state index contributed by atoms with van der Waals surface area (Å²) in [6.45, 7) is 6.06. The molecule has 0 spiro atoms. The molecule has 0 bridgehead atoms. The van der Waals surface area contributed by atoms with Crippen molar-refractivity contribution >= 4 is 40.2 Å². The van der Waals surface area contributed by atoms with Crippen LogP contribution >= 0.6 is 11.8 Å². The molecule has 1 aliphatic heterocycles. The van der Waals surface area contributed by atoms with E-state index < -0.39 is 18.1 Å². The Labute approximate surface area is 255 Å². The number of urea groups is 1. The molecule has 3 heterocycles. The summed E-state index contributed by atoms with van der Waals surface area (Å²) in [5.41, 5.74) is 4.28. The number of aliphatic imine (C=N–C) groups is 1. The van der Waals surface area contributed by atoms with Gasteiger partial charge in [-0.1, -0.05) is 49.9 Å². The average molecular weight is 624 g/mol. The Kier molecular flexibility index (Phi) is 8.99. The molecule has 2 aromatic heterocycles. The number of carbonyl (C=O) groups is 2. The molecule has 1 fully saturated rings. The molecule has 228 valence electrons. The van der Waals surface area contributed by atoms with Gasteiger partial charge in [-0.05, 0) is 66.3 Å². The van der Waals surface area contributed by atoms with Crippen LogP contribution in [0.25, 0.3) is 5.82 Å². The number of pyridine rings is 1. The number of alkyl halides is 3. The Balaban J connectivity index is 1.18. The predicted molar refractivity (Wildman–Crippen MR) is 161 cm³/mol. The number of rotatable bonds is 8.